The van der Waals surface area contributed by atoms with Gasteiger partial charge in [0.1, 0.15) is 0 Å². The van der Waals surface area contributed by atoms with Crippen molar-refractivity contribution in [1.29, 1.82) is 0 Å². The molecule has 0 unspecified atom stereocenters. The third kappa shape index (κ3) is 3.48. The Kier molecular flexibility index (Phi) is 4.97. The number of aromatic nitrogens is 1. The molecule has 4 nitrogen and oxygen atoms in total. The SMILES string of the molecule is C=CCn1c(=NC(=O)c2ccc(C(C)=O)cc2)sc2cccc(Cl)c21. The van der Waals surface area contributed by atoms with Gasteiger partial charge in [-0.3, -0.25) is 9.59 Å². The molecule has 1 amide bonds. The normalized spacial score (nSPS) is 11.7. The number of nitrogens with zero attached hydrogens (tertiary/aromatic N) is 2. The van der Waals surface area contributed by atoms with Crippen LogP contribution in [0.3, 0.4) is 0 Å². The van der Waals surface area contributed by atoms with Crippen LogP contribution in [0.1, 0.15) is 27.6 Å². The molecule has 0 radical (unpaired) electrons. The number of thiazole rings is 1. The molecule has 0 saturated heterocycles. The van der Waals surface area contributed by atoms with Crippen LogP contribution in [0.4, 0.5) is 0 Å². The summed E-state index contributed by atoms with van der Waals surface area (Å²) in [6, 6.07) is 12.1. The van der Waals surface area contributed by atoms with Gasteiger partial charge in [0.15, 0.2) is 10.6 Å². The number of hydrogen-bond donors (Lipinski definition) is 0. The lowest BCUT2D eigenvalue weighted by Crippen LogP contribution is -2.16. The molecule has 2 aromatic carbocycles. The van der Waals surface area contributed by atoms with Gasteiger partial charge in [-0.05, 0) is 31.2 Å². The van der Waals surface area contributed by atoms with E-state index >= 15 is 0 Å². The smallest absolute Gasteiger partial charge is 0.279 e. The van der Waals surface area contributed by atoms with Gasteiger partial charge in [0, 0.05) is 17.7 Å². The van der Waals surface area contributed by atoms with Crippen molar-refractivity contribution in [2.45, 2.75) is 13.5 Å². The first kappa shape index (κ1) is 17.3. The number of carbonyl (C=O) groups is 2. The highest BCUT2D eigenvalue weighted by Crippen LogP contribution is 2.25. The van der Waals surface area contributed by atoms with E-state index in [9.17, 15) is 9.59 Å². The first-order chi connectivity index (χ1) is 12.0. The van der Waals surface area contributed by atoms with Crippen molar-refractivity contribution < 1.29 is 9.59 Å². The van der Waals surface area contributed by atoms with E-state index in [2.05, 4.69) is 11.6 Å². The summed E-state index contributed by atoms with van der Waals surface area (Å²) in [6.07, 6.45) is 1.74. The first-order valence-electron chi connectivity index (χ1n) is 7.60. The summed E-state index contributed by atoms with van der Waals surface area (Å²) in [7, 11) is 0. The fourth-order valence-electron chi connectivity index (χ4n) is 2.47. The fraction of sp³-hybridized carbons (Fsp3) is 0.105. The van der Waals surface area contributed by atoms with Crippen molar-refractivity contribution in [2.24, 2.45) is 4.99 Å². The molecule has 3 rings (SSSR count). The second-order valence-corrected chi connectivity index (χ2v) is 6.84. The molecule has 0 atom stereocenters. The zero-order chi connectivity index (χ0) is 18.0. The molecule has 0 saturated carbocycles. The highest BCUT2D eigenvalue weighted by Gasteiger charge is 2.11. The Morgan fingerprint density at radius 1 is 1.20 bits per heavy atom. The zero-order valence-electron chi connectivity index (χ0n) is 13.5. The maximum absolute atomic E-state index is 12.5. The molecule has 3 aromatic rings. The van der Waals surface area contributed by atoms with E-state index in [1.165, 1.54) is 18.3 Å². The minimum Gasteiger partial charge on any atom is -0.311 e. The lowest BCUT2D eigenvalue weighted by molar-refractivity contribution is 0.0991. The van der Waals surface area contributed by atoms with E-state index in [-0.39, 0.29) is 11.7 Å². The van der Waals surface area contributed by atoms with E-state index in [0.717, 1.165) is 10.2 Å². The van der Waals surface area contributed by atoms with Gasteiger partial charge in [0.25, 0.3) is 5.91 Å². The summed E-state index contributed by atoms with van der Waals surface area (Å²) >= 11 is 7.70. The van der Waals surface area contributed by atoms with Gasteiger partial charge in [0.2, 0.25) is 0 Å². The van der Waals surface area contributed by atoms with E-state index in [0.29, 0.717) is 27.5 Å². The molecule has 25 heavy (non-hydrogen) atoms. The topological polar surface area (TPSA) is 51.4 Å². The van der Waals surface area contributed by atoms with Crippen LogP contribution in [0.5, 0.6) is 0 Å². The predicted octanol–water partition coefficient (Wildman–Crippen LogP) is 4.49. The molecule has 0 N–H and O–H groups in total. The Balaban J connectivity index is 2.09. The van der Waals surface area contributed by atoms with E-state index in [1.54, 1.807) is 30.3 Å². The zero-order valence-corrected chi connectivity index (χ0v) is 15.1. The van der Waals surface area contributed by atoms with E-state index < -0.39 is 0 Å². The number of halogens is 1. The molecular formula is C19H15ClN2O2S. The Morgan fingerprint density at radius 2 is 1.88 bits per heavy atom. The van der Waals surface area contributed by atoms with Crippen molar-refractivity contribution in [1.82, 2.24) is 4.57 Å². The molecule has 0 fully saturated rings. The number of carbonyl (C=O) groups excluding carboxylic acids is 2. The molecule has 0 aliphatic heterocycles. The van der Waals surface area contributed by atoms with Crippen LogP contribution in [0.25, 0.3) is 10.2 Å². The van der Waals surface area contributed by atoms with Crippen LogP contribution in [-0.2, 0) is 6.54 Å². The molecule has 1 aromatic heterocycles. The molecular weight excluding hydrogens is 356 g/mol. The van der Waals surface area contributed by atoms with Gasteiger partial charge < -0.3 is 4.57 Å². The molecule has 0 spiro atoms. The van der Waals surface area contributed by atoms with Crippen LogP contribution in [-0.4, -0.2) is 16.3 Å². The number of amides is 1. The van der Waals surface area contributed by atoms with Gasteiger partial charge in [-0.1, -0.05) is 47.2 Å². The molecule has 0 aliphatic rings. The van der Waals surface area contributed by atoms with Crippen LogP contribution < -0.4 is 4.80 Å². The largest absolute Gasteiger partial charge is 0.311 e. The average Bonchev–Trinajstić information content (AvgIpc) is 2.94. The van der Waals surface area contributed by atoms with Crippen LogP contribution >= 0.6 is 22.9 Å². The number of hydrogen-bond acceptors (Lipinski definition) is 3. The van der Waals surface area contributed by atoms with Crippen LogP contribution in [0.15, 0.2) is 60.1 Å². The van der Waals surface area contributed by atoms with Crippen molar-refractivity contribution >= 4 is 44.8 Å². The second-order valence-electron chi connectivity index (χ2n) is 5.42. The number of benzene rings is 2. The first-order valence-corrected chi connectivity index (χ1v) is 8.79. The van der Waals surface area contributed by atoms with Crippen molar-refractivity contribution in [2.75, 3.05) is 0 Å². The second kappa shape index (κ2) is 7.17. The highest BCUT2D eigenvalue weighted by atomic mass is 35.5. The average molecular weight is 371 g/mol. The van der Waals surface area contributed by atoms with Gasteiger partial charge in [-0.25, -0.2) is 0 Å². The van der Waals surface area contributed by atoms with Gasteiger partial charge in [0.05, 0.1) is 15.2 Å². The minimum atomic E-state index is -0.365. The van der Waals surface area contributed by atoms with Crippen LogP contribution in [0, 0.1) is 0 Å². The van der Waals surface area contributed by atoms with Gasteiger partial charge in [-0.2, -0.15) is 4.99 Å². The summed E-state index contributed by atoms with van der Waals surface area (Å²) in [5.74, 6) is -0.408. The molecule has 0 aliphatic carbocycles. The molecule has 1 heterocycles. The van der Waals surface area contributed by atoms with E-state index in [4.69, 9.17) is 11.6 Å². The number of ketones is 1. The lowest BCUT2D eigenvalue weighted by Gasteiger charge is -2.02. The molecule has 0 bridgehead atoms. The van der Waals surface area contributed by atoms with Gasteiger partial charge in [-0.15, -0.1) is 6.58 Å². The van der Waals surface area contributed by atoms with Crippen molar-refractivity contribution in [3.63, 3.8) is 0 Å². The Hall–Kier alpha value is -2.50. The minimum absolute atomic E-state index is 0.0427. The maximum atomic E-state index is 12.5. The molecule has 126 valence electrons. The highest BCUT2D eigenvalue weighted by molar-refractivity contribution is 7.16. The Labute approximate surface area is 153 Å². The standard InChI is InChI=1S/C19H15ClN2O2S/c1-3-11-22-17-15(20)5-4-6-16(17)25-19(22)21-18(24)14-9-7-13(8-10-14)12(2)23/h3-10H,1,11H2,2H3. The van der Waals surface area contributed by atoms with Crippen molar-refractivity contribution in [3.05, 3.63) is 76.1 Å². The predicted molar refractivity (Wildman–Crippen MR) is 101 cm³/mol. The monoisotopic (exact) mass is 370 g/mol. The summed E-state index contributed by atoms with van der Waals surface area (Å²) in [4.78, 5) is 28.6. The lowest BCUT2D eigenvalue weighted by atomic mass is 10.1. The summed E-state index contributed by atoms with van der Waals surface area (Å²) in [6.45, 7) is 5.74. The summed E-state index contributed by atoms with van der Waals surface area (Å²) < 4.78 is 2.82. The van der Waals surface area contributed by atoms with E-state index in [1.807, 2.05) is 22.8 Å². The fourth-order valence-corrected chi connectivity index (χ4v) is 3.87. The number of rotatable bonds is 4. The Bertz CT molecular complexity index is 1050. The summed E-state index contributed by atoms with van der Waals surface area (Å²) in [5.41, 5.74) is 1.83. The van der Waals surface area contributed by atoms with Gasteiger partial charge >= 0.3 is 0 Å². The maximum Gasteiger partial charge on any atom is 0.279 e. The Morgan fingerprint density at radius 3 is 2.52 bits per heavy atom. The number of para-hydroxylation sites is 1. The van der Waals surface area contributed by atoms with Crippen LogP contribution in [0.2, 0.25) is 5.02 Å². The molecule has 6 heteroatoms. The number of allylic oxidation sites excluding steroid dienone is 1. The summed E-state index contributed by atoms with van der Waals surface area (Å²) in [5, 5.41) is 0.607. The number of fused-ring (bicyclic) bond motifs is 1. The number of Topliss-reactive ketones (excluding diaryl/α,β-unsaturated/α-hetero) is 1. The quantitative estimate of drug-likeness (QED) is 0.502. The third-order valence-corrected chi connectivity index (χ3v) is 5.05. The van der Waals surface area contributed by atoms with Crippen molar-refractivity contribution in [3.8, 4) is 0 Å². The third-order valence-electron chi connectivity index (χ3n) is 3.70.